The average molecular weight is 274 g/mol. The van der Waals surface area contributed by atoms with Gasteiger partial charge >= 0.3 is 0 Å². The first-order chi connectivity index (χ1) is 8.08. The van der Waals surface area contributed by atoms with Crippen LogP contribution in [0.15, 0.2) is 18.2 Å². The summed E-state index contributed by atoms with van der Waals surface area (Å²) in [5.74, 6) is 0.0457. The number of hydrogen-bond acceptors (Lipinski definition) is 2. The molecule has 2 nitrogen and oxygen atoms in total. The number of ketones is 1. The second-order valence-corrected chi connectivity index (χ2v) is 4.67. The summed E-state index contributed by atoms with van der Waals surface area (Å²) in [4.78, 5) is 14.2. The smallest absolute Gasteiger partial charge is 0.165 e. The molecule has 0 aliphatic rings. The van der Waals surface area contributed by atoms with Crippen LogP contribution in [0.25, 0.3) is 0 Å². The molecule has 0 atom stereocenters. The van der Waals surface area contributed by atoms with Crippen molar-refractivity contribution in [1.82, 2.24) is 4.90 Å². The summed E-state index contributed by atoms with van der Waals surface area (Å²) in [6, 6.07) is 4.98. The molecule has 0 radical (unpaired) electrons. The molecule has 0 aromatic heterocycles. The Balaban J connectivity index is 2.66. The zero-order valence-corrected chi connectivity index (χ0v) is 11.7. The Kier molecular flexibility index (Phi) is 5.96. The minimum Gasteiger partial charge on any atom is -0.303 e. The van der Waals surface area contributed by atoms with Gasteiger partial charge in [0.15, 0.2) is 5.78 Å². The third-order valence-electron chi connectivity index (χ3n) is 2.78. The summed E-state index contributed by atoms with van der Waals surface area (Å²) in [7, 11) is 0. The molecule has 0 bridgehead atoms. The fraction of sp³-hybridized carbons (Fsp3) is 0.462. The van der Waals surface area contributed by atoms with E-state index in [-0.39, 0.29) is 5.78 Å². The van der Waals surface area contributed by atoms with Gasteiger partial charge in [-0.1, -0.05) is 37.0 Å². The highest BCUT2D eigenvalue weighted by Crippen LogP contribution is 2.21. The van der Waals surface area contributed by atoms with Gasteiger partial charge in [0.25, 0.3) is 0 Å². The summed E-state index contributed by atoms with van der Waals surface area (Å²) in [5, 5.41) is 1.01. The lowest BCUT2D eigenvalue weighted by Gasteiger charge is -2.17. The average Bonchev–Trinajstić information content (AvgIpc) is 2.33. The number of halogens is 2. The Morgan fingerprint density at radius 3 is 2.47 bits per heavy atom. The van der Waals surface area contributed by atoms with Gasteiger partial charge in [0, 0.05) is 23.6 Å². The number of Topliss-reactive ketones (excluding diaryl/α,β-unsaturated/α-hetero) is 1. The van der Waals surface area contributed by atoms with Crippen molar-refractivity contribution in [3.05, 3.63) is 33.8 Å². The molecule has 0 saturated heterocycles. The maximum absolute atomic E-state index is 12.0. The van der Waals surface area contributed by atoms with E-state index in [1.165, 1.54) is 0 Å². The van der Waals surface area contributed by atoms with Crippen LogP contribution in [0, 0.1) is 0 Å². The van der Waals surface area contributed by atoms with Crippen LogP contribution in [0.2, 0.25) is 10.0 Å². The maximum Gasteiger partial charge on any atom is 0.165 e. The number of benzene rings is 1. The van der Waals surface area contributed by atoms with Gasteiger partial charge in [-0.3, -0.25) is 4.79 Å². The Morgan fingerprint density at radius 2 is 1.88 bits per heavy atom. The molecule has 1 aromatic carbocycles. The van der Waals surface area contributed by atoms with Gasteiger partial charge in [0.2, 0.25) is 0 Å². The van der Waals surface area contributed by atoms with Crippen molar-refractivity contribution in [2.75, 3.05) is 19.6 Å². The van der Waals surface area contributed by atoms with Gasteiger partial charge in [-0.2, -0.15) is 0 Å². The third kappa shape index (κ3) is 4.30. The Labute approximate surface area is 113 Å². The molecule has 1 aromatic rings. The number of rotatable bonds is 6. The highest BCUT2D eigenvalue weighted by atomic mass is 35.5. The number of carbonyl (C=O) groups excluding carboxylic acids is 1. The molecule has 94 valence electrons. The first-order valence-electron chi connectivity index (χ1n) is 5.79. The van der Waals surface area contributed by atoms with Gasteiger partial charge in [-0.05, 0) is 31.3 Å². The molecule has 0 N–H and O–H groups in total. The number of hydrogen-bond donors (Lipinski definition) is 0. The number of nitrogens with zero attached hydrogens (tertiary/aromatic N) is 1. The molecule has 0 aliphatic heterocycles. The van der Waals surface area contributed by atoms with Crippen molar-refractivity contribution in [2.24, 2.45) is 0 Å². The molecular weight excluding hydrogens is 257 g/mol. The van der Waals surface area contributed by atoms with Crippen molar-refractivity contribution in [3.8, 4) is 0 Å². The Hall–Kier alpha value is -0.570. The minimum absolute atomic E-state index is 0.0457. The van der Waals surface area contributed by atoms with E-state index in [0.29, 0.717) is 22.0 Å². The fourth-order valence-electron chi connectivity index (χ4n) is 1.65. The van der Waals surface area contributed by atoms with E-state index in [1.54, 1.807) is 18.2 Å². The van der Waals surface area contributed by atoms with Crippen LogP contribution in [0.4, 0.5) is 0 Å². The minimum atomic E-state index is 0.0457. The lowest BCUT2D eigenvalue weighted by molar-refractivity contribution is 0.0966. The highest BCUT2D eigenvalue weighted by Gasteiger charge is 2.12. The first kappa shape index (κ1) is 14.5. The molecule has 0 heterocycles. The van der Waals surface area contributed by atoms with E-state index < -0.39 is 0 Å². The van der Waals surface area contributed by atoms with Crippen molar-refractivity contribution in [1.29, 1.82) is 0 Å². The molecule has 0 unspecified atom stereocenters. The van der Waals surface area contributed by atoms with Crippen LogP contribution < -0.4 is 0 Å². The monoisotopic (exact) mass is 273 g/mol. The van der Waals surface area contributed by atoms with Crippen molar-refractivity contribution in [3.63, 3.8) is 0 Å². The molecule has 17 heavy (non-hydrogen) atoms. The lowest BCUT2D eigenvalue weighted by Crippen LogP contribution is -2.25. The summed E-state index contributed by atoms with van der Waals surface area (Å²) < 4.78 is 0. The molecule has 4 heteroatoms. The SMILES string of the molecule is CCN(CC)CCC(=O)c1cc(Cl)ccc1Cl. The summed E-state index contributed by atoms with van der Waals surface area (Å²) in [5.41, 5.74) is 0.520. The van der Waals surface area contributed by atoms with E-state index in [9.17, 15) is 4.79 Å². The molecule has 0 aliphatic carbocycles. The Bertz CT molecular complexity index is 389. The van der Waals surface area contributed by atoms with Gasteiger partial charge in [-0.25, -0.2) is 0 Å². The van der Waals surface area contributed by atoms with E-state index in [1.807, 2.05) is 0 Å². The fourth-order valence-corrected chi connectivity index (χ4v) is 2.04. The summed E-state index contributed by atoms with van der Waals surface area (Å²) in [6.07, 6.45) is 0.474. The second kappa shape index (κ2) is 7.00. The molecule has 0 fully saturated rings. The van der Waals surface area contributed by atoms with Crippen LogP contribution in [0.5, 0.6) is 0 Å². The first-order valence-corrected chi connectivity index (χ1v) is 6.54. The van der Waals surface area contributed by atoms with E-state index in [2.05, 4.69) is 18.7 Å². The quantitative estimate of drug-likeness (QED) is 0.733. The predicted octanol–water partition coefficient (Wildman–Crippen LogP) is 3.91. The second-order valence-electron chi connectivity index (χ2n) is 3.82. The summed E-state index contributed by atoms with van der Waals surface area (Å²) in [6.45, 7) is 6.83. The van der Waals surface area contributed by atoms with Crippen LogP contribution in [-0.4, -0.2) is 30.3 Å². The molecule has 0 saturated carbocycles. The maximum atomic E-state index is 12.0. The number of carbonyl (C=O) groups is 1. The van der Waals surface area contributed by atoms with Gasteiger partial charge < -0.3 is 4.90 Å². The van der Waals surface area contributed by atoms with Crippen molar-refractivity contribution in [2.45, 2.75) is 20.3 Å². The van der Waals surface area contributed by atoms with Gasteiger partial charge in [0.1, 0.15) is 0 Å². The van der Waals surface area contributed by atoms with Crippen molar-refractivity contribution >= 4 is 29.0 Å². The summed E-state index contributed by atoms with van der Waals surface area (Å²) >= 11 is 11.8. The molecular formula is C13H17Cl2NO. The topological polar surface area (TPSA) is 20.3 Å². The van der Waals surface area contributed by atoms with E-state index in [4.69, 9.17) is 23.2 Å². The normalized spacial score (nSPS) is 10.9. The molecule has 0 spiro atoms. The van der Waals surface area contributed by atoms with Crippen molar-refractivity contribution < 1.29 is 4.79 Å². The lowest BCUT2D eigenvalue weighted by atomic mass is 10.1. The van der Waals surface area contributed by atoms with Crippen LogP contribution in [0.3, 0.4) is 0 Å². The molecule has 0 amide bonds. The highest BCUT2D eigenvalue weighted by molar-refractivity contribution is 6.35. The van der Waals surface area contributed by atoms with Crippen LogP contribution in [-0.2, 0) is 0 Å². The Morgan fingerprint density at radius 1 is 1.24 bits per heavy atom. The standard InChI is InChI=1S/C13H17Cl2NO/c1-3-16(4-2)8-7-13(17)11-9-10(14)5-6-12(11)15/h5-6,9H,3-4,7-8H2,1-2H3. The zero-order valence-electron chi connectivity index (χ0n) is 10.2. The van der Waals surface area contributed by atoms with Crippen LogP contribution >= 0.6 is 23.2 Å². The van der Waals surface area contributed by atoms with Gasteiger partial charge in [-0.15, -0.1) is 0 Å². The largest absolute Gasteiger partial charge is 0.303 e. The zero-order chi connectivity index (χ0) is 12.8. The van der Waals surface area contributed by atoms with Gasteiger partial charge in [0.05, 0.1) is 5.02 Å². The third-order valence-corrected chi connectivity index (χ3v) is 3.34. The van der Waals surface area contributed by atoms with E-state index >= 15 is 0 Å². The van der Waals surface area contributed by atoms with Crippen LogP contribution in [0.1, 0.15) is 30.6 Å². The predicted molar refractivity (Wildman–Crippen MR) is 73.2 cm³/mol. The molecule has 1 rings (SSSR count). The van der Waals surface area contributed by atoms with E-state index in [0.717, 1.165) is 19.6 Å².